The number of thiazole rings is 1. The van der Waals surface area contributed by atoms with Crippen LogP contribution in [0.25, 0.3) is 10.2 Å². The Balaban J connectivity index is 1.70. The molecule has 3 nitrogen and oxygen atoms in total. The van der Waals surface area contributed by atoms with Crippen LogP contribution in [0.4, 0.5) is 0 Å². The minimum atomic E-state index is -0.305. The Morgan fingerprint density at radius 3 is 2.80 bits per heavy atom. The van der Waals surface area contributed by atoms with Gasteiger partial charge in [0.1, 0.15) is 6.61 Å². The number of esters is 1. The zero-order valence-corrected chi connectivity index (χ0v) is 11.8. The van der Waals surface area contributed by atoms with Crippen molar-refractivity contribution in [1.29, 1.82) is 0 Å². The second kappa shape index (κ2) is 5.43. The number of hydrogen-bond acceptors (Lipinski definition) is 4. The van der Waals surface area contributed by atoms with Crippen molar-refractivity contribution < 1.29 is 9.53 Å². The molecule has 20 heavy (non-hydrogen) atoms. The molecule has 0 atom stereocenters. The van der Waals surface area contributed by atoms with Crippen molar-refractivity contribution in [3.63, 3.8) is 0 Å². The molecule has 0 unspecified atom stereocenters. The molecule has 4 heteroatoms. The Kier molecular flexibility index (Phi) is 3.48. The summed E-state index contributed by atoms with van der Waals surface area (Å²) in [6.45, 7) is 2.32. The van der Waals surface area contributed by atoms with Crippen molar-refractivity contribution in [3.8, 4) is 0 Å². The van der Waals surface area contributed by atoms with Gasteiger partial charge in [0.25, 0.3) is 0 Å². The molecule has 0 saturated heterocycles. The normalized spacial score (nSPS) is 10.7. The van der Waals surface area contributed by atoms with E-state index < -0.39 is 0 Å². The summed E-state index contributed by atoms with van der Waals surface area (Å²) < 4.78 is 6.32. The minimum absolute atomic E-state index is 0.292. The highest BCUT2D eigenvalue weighted by atomic mass is 32.1. The van der Waals surface area contributed by atoms with Gasteiger partial charge in [-0.1, -0.05) is 29.8 Å². The summed E-state index contributed by atoms with van der Waals surface area (Å²) in [6.07, 6.45) is 0. The fraction of sp³-hybridized carbons (Fsp3) is 0.125. The number of benzene rings is 2. The number of aryl methyl sites for hydroxylation is 1. The Hall–Kier alpha value is -2.20. The van der Waals surface area contributed by atoms with Gasteiger partial charge < -0.3 is 4.74 Å². The van der Waals surface area contributed by atoms with Gasteiger partial charge >= 0.3 is 5.97 Å². The monoisotopic (exact) mass is 283 g/mol. The van der Waals surface area contributed by atoms with E-state index in [1.54, 1.807) is 11.6 Å². The number of carbonyl (C=O) groups is 1. The molecule has 0 amide bonds. The highest BCUT2D eigenvalue weighted by Gasteiger charge is 2.09. The molecule has 0 radical (unpaired) electrons. The summed E-state index contributed by atoms with van der Waals surface area (Å²) in [4.78, 5) is 16.2. The van der Waals surface area contributed by atoms with E-state index in [0.29, 0.717) is 12.2 Å². The fourth-order valence-corrected chi connectivity index (χ4v) is 2.61. The maximum absolute atomic E-state index is 12.0. The number of aromatic nitrogens is 1. The SMILES string of the molecule is Cc1ccc(COC(=O)c2ccc3ncsc3c2)cc1. The zero-order valence-electron chi connectivity index (χ0n) is 11.0. The van der Waals surface area contributed by atoms with E-state index in [1.165, 1.54) is 16.9 Å². The molecule has 2 aromatic carbocycles. The van der Waals surface area contributed by atoms with Gasteiger partial charge in [-0.05, 0) is 30.7 Å². The first-order valence-corrected chi connectivity index (χ1v) is 7.16. The molecule has 0 aliphatic carbocycles. The van der Waals surface area contributed by atoms with E-state index in [1.807, 2.05) is 43.3 Å². The first-order valence-electron chi connectivity index (χ1n) is 6.28. The number of carbonyl (C=O) groups excluding carboxylic acids is 1. The van der Waals surface area contributed by atoms with Gasteiger partial charge in [-0.3, -0.25) is 0 Å². The van der Waals surface area contributed by atoms with Crippen LogP contribution in [0.3, 0.4) is 0 Å². The van der Waals surface area contributed by atoms with Crippen molar-refractivity contribution in [3.05, 3.63) is 64.7 Å². The summed E-state index contributed by atoms with van der Waals surface area (Å²) in [5, 5.41) is 0. The Labute approximate surface area is 120 Å². The van der Waals surface area contributed by atoms with Crippen LogP contribution in [0.2, 0.25) is 0 Å². The van der Waals surface area contributed by atoms with Gasteiger partial charge in [0.15, 0.2) is 0 Å². The van der Waals surface area contributed by atoms with Crippen molar-refractivity contribution >= 4 is 27.5 Å². The highest BCUT2D eigenvalue weighted by molar-refractivity contribution is 7.16. The molecule has 0 aliphatic rings. The predicted octanol–water partition coefficient (Wildman–Crippen LogP) is 3.96. The second-order valence-corrected chi connectivity index (χ2v) is 5.48. The van der Waals surface area contributed by atoms with Gasteiger partial charge in [0.2, 0.25) is 0 Å². The summed E-state index contributed by atoms with van der Waals surface area (Å²) in [5.74, 6) is -0.305. The van der Waals surface area contributed by atoms with Gasteiger partial charge in [0.05, 0.1) is 21.3 Å². The first-order chi connectivity index (χ1) is 9.72. The molecule has 1 heterocycles. The standard InChI is InChI=1S/C16H13NO2S/c1-11-2-4-12(5-3-11)9-19-16(18)13-6-7-14-15(8-13)20-10-17-14/h2-8,10H,9H2,1H3. The van der Waals surface area contributed by atoms with Crippen LogP contribution in [0, 0.1) is 6.92 Å². The largest absolute Gasteiger partial charge is 0.457 e. The van der Waals surface area contributed by atoms with Crippen LogP contribution in [0.5, 0.6) is 0 Å². The molecule has 3 aromatic rings. The average Bonchev–Trinajstić information content (AvgIpc) is 2.93. The van der Waals surface area contributed by atoms with E-state index >= 15 is 0 Å². The first kappa shape index (κ1) is 12.8. The molecule has 0 spiro atoms. The number of fused-ring (bicyclic) bond motifs is 1. The smallest absolute Gasteiger partial charge is 0.338 e. The summed E-state index contributed by atoms with van der Waals surface area (Å²) >= 11 is 1.52. The minimum Gasteiger partial charge on any atom is -0.457 e. The third-order valence-corrected chi connectivity index (χ3v) is 3.85. The summed E-state index contributed by atoms with van der Waals surface area (Å²) in [5.41, 5.74) is 5.42. The van der Waals surface area contributed by atoms with Crippen LogP contribution in [-0.2, 0) is 11.3 Å². The fourth-order valence-electron chi connectivity index (χ4n) is 1.90. The lowest BCUT2D eigenvalue weighted by Gasteiger charge is -2.05. The quantitative estimate of drug-likeness (QED) is 0.683. The Morgan fingerprint density at radius 2 is 2.00 bits per heavy atom. The summed E-state index contributed by atoms with van der Waals surface area (Å²) in [7, 11) is 0. The lowest BCUT2D eigenvalue weighted by atomic mass is 10.2. The van der Waals surface area contributed by atoms with Crippen molar-refractivity contribution in [1.82, 2.24) is 4.98 Å². The van der Waals surface area contributed by atoms with Crippen LogP contribution < -0.4 is 0 Å². The average molecular weight is 283 g/mol. The summed E-state index contributed by atoms with van der Waals surface area (Å²) in [6, 6.07) is 13.4. The maximum Gasteiger partial charge on any atom is 0.338 e. The van der Waals surface area contributed by atoms with Crippen molar-refractivity contribution in [2.45, 2.75) is 13.5 Å². The van der Waals surface area contributed by atoms with Gasteiger partial charge in [0, 0.05) is 0 Å². The number of ether oxygens (including phenoxy) is 1. The third kappa shape index (κ3) is 2.70. The molecular weight excluding hydrogens is 270 g/mol. The Bertz CT molecular complexity index is 747. The van der Waals surface area contributed by atoms with Gasteiger partial charge in [-0.15, -0.1) is 11.3 Å². The van der Waals surface area contributed by atoms with Crippen LogP contribution >= 0.6 is 11.3 Å². The number of hydrogen-bond donors (Lipinski definition) is 0. The molecule has 0 saturated carbocycles. The van der Waals surface area contributed by atoms with Crippen molar-refractivity contribution in [2.75, 3.05) is 0 Å². The molecule has 0 N–H and O–H groups in total. The molecule has 1 aromatic heterocycles. The number of nitrogens with zero attached hydrogens (tertiary/aromatic N) is 1. The van der Waals surface area contributed by atoms with E-state index in [9.17, 15) is 4.79 Å². The topological polar surface area (TPSA) is 39.2 Å². The lowest BCUT2D eigenvalue weighted by molar-refractivity contribution is 0.0473. The zero-order chi connectivity index (χ0) is 13.9. The van der Waals surface area contributed by atoms with E-state index in [0.717, 1.165) is 15.8 Å². The third-order valence-electron chi connectivity index (χ3n) is 3.06. The molecule has 0 aliphatic heterocycles. The van der Waals surface area contributed by atoms with Crippen LogP contribution in [0.1, 0.15) is 21.5 Å². The van der Waals surface area contributed by atoms with Gasteiger partial charge in [-0.2, -0.15) is 0 Å². The van der Waals surface area contributed by atoms with Gasteiger partial charge in [-0.25, -0.2) is 9.78 Å². The molecular formula is C16H13NO2S. The highest BCUT2D eigenvalue weighted by Crippen LogP contribution is 2.19. The maximum atomic E-state index is 12.0. The second-order valence-electron chi connectivity index (χ2n) is 4.60. The van der Waals surface area contributed by atoms with E-state index in [-0.39, 0.29) is 5.97 Å². The molecule has 100 valence electrons. The Morgan fingerprint density at radius 1 is 1.20 bits per heavy atom. The van der Waals surface area contributed by atoms with Crippen LogP contribution in [-0.4, -0.2) is 11.0 Å². The number of rotatable bonds is 3. The van der Waals surface area contributed by atoms with E-state index in [2.05, 4.69) is 4.98 Å². The van der Waals surface area contributed by atoms with Crippen LogP contribution in [0.15, 0.2) is 48.0 Å². The predicted molar refractivity (Wildman–Crippen MR) is 79.9 cm³/mol. The molecule has 0 bridgehead atoms. The van der Waals surface area contributed by atoms with E-state index in [4.69, 9.17) is 4.74 Å². The molecule has 3 rings (SSSR count). The van der Waals surface area contributed by atoms with Crippen molar-refractivity contribution in [2.24, 2.45) is 0 Å². The molecule has 0 fully saturated rings. The lowest BCUT2D eigenvalue weighted by Crippen LogP contribution is -2.05.